The lowest BCUT2D eigenvalue weighted by molar-refractivity contribution is 0.327. The molecule has 0 bridgehead atoms. The smallest absolute Gasteiger partial charge is 0.220 e. The van der Waals surface area contributed by atoms with Crippen LogP contribution in [0.25, 0.3) is 0 Å². The van der Waals surface area contributed by atoms with Crippen LogP contribution in [0, 0.1) is 6.92 Å². The highest BCUT2D eigenvalue weighted by Crippen LogP contribution is 2.13. The molecule has 0 heterocycles. The van der Waals surface area contributed by atoms with Gasteiger partial charge in [-0.15, -0.1) is 0 Å². The van der Waals surface area contributed by atoms with Gasteiger partial charge in [0, 0.05) is 12.9 Å². The predicted molar refractivity (Wildman–Crippen MR) is 51.6 cm³/mol. The molecule has 1 aromatic rings. The molecule has 6 heteroatoms. The lowest BCUT2D eigenvalue weighted by Gasteiger charge is -2.05. The molecule has 0 amide bonds. The second-order valence-corrected chi connectivity index (χ2v) is 4.24. The Bertz CT molecular complexity index is 388. The molecule has 0 atom stereocenters. The van der Waals surface area contributed by atoms with E-state index in [0.717, 1.165) is 0 Å². The molecule has 0 saturated heterocycles. The van der Waals surface area contributed by atoms with Gasteiger partial charge in [0.2, 0.25) is 0 Å². The Labute approximate surface area is 82.5 Å². The number of hydrogen-bond donors (Lipinski definition) is 2. The molecule has 0 unspecified atom stereocenters. The average Bonchev–Trinajstić information content (AvgIpc) is 2.04. The van der Waals surface area contributed by atoms with E-state index in [2.05, 4.69) is 17.2 Å². The van der Waals surface area contributed by atoms with Gasteiger partial charge in [-0.1, -0.05) is 23.1 Å². The van der Waals surface area contributed by atoms with Crippen LogP contribution in [0.5, 0.6) is 0 Å². The van der Waals surface area contributed by atoms with Crippen molar-refractivity contribution in [3.8, 4) is 0 Å². The van der Waals surface area contributed by atoms with Crippen molar-refractivity contribution in [2.75, 3.05) is 0 Å². The number of benzene rings is 1. The van der Waals surface area contributed by atoms with Gasteiger partial charge in [0.1, 0.15) is 0 Å². The number of hydrogen-bond acceptors (Lipinski definition) is 4. The highest BCUT2D eigenvalue weighted by Gasteiger charge is 2.15. The Hall–Kier alpha value is -0.560. The maximum Gasteiger partial charge on any atom is 0.263 e. The van der Waals surface area contributed by atoms with Crippen LogP contribution in [0.4, 0.5) is 0 Å². The average molecular weight is 219 g/mol. The van der Waals surface area contributed by atoms with Crippen LogP contribution in [-0.4, -0.2) is 8.42 Å². The fourth-order valence-electron chi connectivity index (χ4n) is 0.952. The van der Waals surface area contributed by atoms with Gasteiger partial charge < -0.3 is 0 Å². The van der Waals surface area contributed by atoms with E-state index in [0.29, 0.717) is 5.56 Å². The predicted octanol–water partition coefficient (Wildman–Crippen LogP) is 1.05. The van der Waals surface area contributed by atoms with Crippen molar-refractivity contribution in [1.82, 2.24) is 4.89 Å². The zero-order valence-corrected chi connectivity index (χ0v) is 8.60. The fourth-order valence-corrected chi connectivity index (χ4v) is 2.18. The normalized spacial score (nSPS) is 11.5. The topological polar surface area (TPSA) is 55.4 Å². The van der Waals surface area contributed by atoms with Crippen molar-refractivity contribution in [3.05, 3.63) is 29.8 Å². The minimum absolute atomic E-state index is 0.184. The van der Waals surface area contributed by atoms with Gasteiger partial charge in [0.15, 0.2) is 0 Å². The molecule has 0 aliphatic heterocycles. The zero-order chi connectivity index (χ0) is 9.90. The molecular weight excluding hydrogens is 210 g/mol. The van der Waals surface area contributed by atoms with Crippen molar-refractivity contribution in [1.29, 1.82) is 0 Å². The molecule has 0 saturated carbocycles. The van der Waals surface area contributed by atoms with Crippen LogP contribution in [0.2, 0.25) is 0 Å². The number of sulfonamides is 1. The van der Waals surface area contributed by atoms with Crippen LogP contribution in [0.1, 0.15) is 5.56 Å². The first kappa shape index (κ1) is 10.5. The minimum Gasteiger partial charge on any atom is -0.220 e. The first-order valence-electron chi connectivity index (χ1n) is 3.46. The monoisotopic (exact) mass is 219 g/mol. The van der Waals surface area contributed by atoms with Gasteiger partial charge >= 0.3 is 0 Å². The van der Waals surface area contributed by atoms with E-state index in [-0.39, 0.29) is 4.90 Å². The Balaban J connectivity index is 3.15. The second kappa shape index (κ2) is 4.10. The Morgan fingerprint density at radius 2 is 2.00 bits per heavy atom. The molecule has 0 fully saturated rings. The summed E-state index contributed by atoms with van der Waals surface area (Å²) >= 11 is 3.31. The summed E-state index contributed by atoms with van der Waals surface area (Å²) in [6, 6.07) is 6.59. The van der Waals surface area contributed by atoms with Gasteiger partial charge in [-0.25, -0.2) is 12.7 Å². The Kier molecular flexibility index (Phi) is 3.32. The third-order valence-corrected chi connectivity index (χ3v) is 3.08. The van der Waals surface area contributed by atoms with Crippen molar-refractivity contribution in [3.63, 3.8) is 0 Å². The summed E-state index contributed by atoms with van der Waals surface area (Å²) in [6.45, 7) is 1.70. The highest BCUT2D eigenvalue weighted by atomic mass is 32.2. The summed E-state index contributed by atoms with van der Waals surface area (Å²) in [6.07, 6.45) is 0. The van der Waals surface area contributed by atoms with Gasteiger partial charge in [-0.2, -0.15) is 0 Å². The summed E-state index contributed by atoms with van der Waals surface area (Å²) in [4.78, 5) is 2.00. The maximum atomic E-state index is 11.4. The molecule has 1 aromatic carbocycles. The van der Waals surface area contributed by atoms with E-state index in [4.69, 9.17) is 0 Å². The SMILES string of the molecule is Cc1ccccc1S(=O)(=O)NOS. The van der Waals surface area contributed by atoms with Crippen LogP contribution in [0.3, 0.4) is 0 Å². The van der Waals surface area contributed by atoms with E-state index >= 15 is 0 Å². The molecule has 72 valence electrons. The van der Waals surface area contributed by atoms with Gasteiger partial charge in [-0.3, -0.25) is 0 Å². The molecule has 1 rings (SSSR count). The first-order chi connectivity index (χ1) is 6.08. The maximum absolute atomic E-state index is 11.4. The molecule has 0 aliphatic carbocycles. The van der Waals surface area contributed by atoms with E-state index in [1.807, 2.05) is 4.89 Å². The summed E-state index contributed by atoms with van der Waals surface area (Å²) in [5.74, 6) is 0. The van der Waals surface area contributed by atoms with Crippen molar-refractivity contribution >= 4 is 22.9 Å². The zero-order valence-electron chi connectivity index (χ0n) is 6.89. The Morgan fingerprint density at radius 1 is 1.38 bits per heavy atom. The third-order valence-electron chi connectivity index (χ3n) is 1.53. The van der Waals surface area contributed by atoms with E-state index in [1.165, 1.54) is 6.07 Å². The largest absolute Gasteiger partial charge is 0.263 e. The minimum atomic E-state index is -3.59. The van der Waals surface area contributed by atoms with Gasteiger partial charge in [-0.05, 0) is 18.6 Å². The lowest BCUT2D eigenvalue weighted by atomic mass is 10.2. The summed E-state index contributed by atoms with van der Waals surface area (Å²) in [5.41, 5.74) is 0.653. The molecule has 1 N–H and O–H groups in total. The molecule has 0 aromatic heterocycles. The van der Waals surface area contributed by atoms with Crippen molar-refractivity contribution in [2.24, 2.45) is 0 Å². The van der Waals surface area contributed by atoms with E-state index in [9.17, 15) is 8.42 Å². The standard InChI is InChI=1S/C7H9NO3S2/c1-6-4-2-3-5-7(6)13(9,10)8-11-12/h2-5,8,12H,1H3. The molecule has 0 aliphatic rings. The van der Waals surface area contributed by atoms with E-state index in [1.54, 1.807) is 25.1 Å². The molecule has 13 heavy (non-hydrogen) atoms. The van der Waals surface area contributed by atoms with Crippen LogP contribution < -0.4 is 4.89 Å². The number of thiol groups is 1. The van der Waals surface area contributed by atoms with Crippen LogP contribution in [-0.2, 0) is 14.3 Å². The van der Waals surface area contributed by atoms with Gasteiger partial charge in [0.25, 0.3) is 10.0 Å². The summed E-state index contributed by atoms with van der Waals surface area (Å²) in [5, 5.41) is 0. The number of nitrogens with one attached hydrogen (secondary N) is 1. The molecule has 0 radical (unpaired) electrons. The summed E-state index contributed by atoms with van der Waals surface area (Å²) < 4.78 is 26.8. The fraction of sp³-hybridized carbons (Fsp3) is 0.143. The van der Waals surface area contributed by atoms with Gasteiger partial charge in [0.05, 0.1) is 4.90 Å². The van der Waals surface area contributed by atoms with E-state index < -0.39 is 10.0 Å². The van der Waals surface area contributed by atoms with Crippen molar-refractivity contribution < 1.29 is 12.7 Å². The second-order valence-electron chi connectivity index (χ2n) is 2.44. The lowest BCUT2D eigenvalue weighted by Crippen LogP contribution is -2.21. The number of aryl methyl sites for hydroxylation is 1. The van der Waals surface area contributed by atoms with Crippen LogP contribution in [0.15, 0.2) is 29.2 Å². The van der Waals surface area contributed by atoms with Crippen molar-refractivity contribution in [2.45, 2.75) is 11.8 Å². The third kappa shape index (κ3) is 2.44. The van der Waals surface area contributed by atoms with Crippen LogP contribution >= 0.6 is 12.9 Å². The quantitative estimate of drug-likeness (QED) is 0.454. The summed E-state index contributed by atoms with van der Waals surface area (Å²) in [7, 11) is -3.59. The molecule has 0 spiro atoms. The highest BCUT2D eigenvalue weighted by molar-refractivity contribution is 7.89. The Morgan fingerprint density at radius 3 is 2.54 bits per heavy atom. The number of rotatable bonds is 3. The molecule has 4 nitrogen and oxygen atoms in total. The first-order valence-corrected chi connectivity index (χ1v) is 5.30. The molecular formula is C7H9NO3S2.